The number of ether oxygens (including phenoxy) is 3. The van der Waals surface area contributed by atoms with Gasteiger partial charge >= 0.3 is 11.9 Å². The second-order valence-corrected chi connectivity index (χ2v) is 9.61. The van der Waals surface area contributed by atoms with E-state index in [-0.39, 0.29) is 12.7 Å². The van der Waals surface area contributed by atoms with Gasteiger partial charge in [-0.15, -0.1) is 11.3 Å². The Bertz CT molecular complexity index is 1010. The minimum absolute atomic E-state index is 0.0251. The molecule has 178 valence electrons. The summed E-state index contributed by atoms with van der Waals surface area (Å²) in [6, 6.07) is 6.56. The number of carbonyl (C=O) groups is 3. The molecule has 2 unspecified atom stereocenters. The van der Waals surface area contributed by atoms with Gasteiger partial charge < -0.3 is 19.5 Å². The lowest BCUT2D eigenvalue weighted by molar-refractivity contribution is -0.123. The van der Waals surface area contributed by atoms with Crippen LogP contribution in [0.3, 0.4) is 0 Å². The number of anilines is 1. The van der Waals surface area contributed by atoms with Crippen LogP contribution in [-0.2, 0) is 27.1 Å². The van der Waals surface area contributed by atoms with Crippen molar-refractivity contribution in [3.8, 4) is 5.75 Å². The van der Waals surface area contributed by atoms with Crippen LogP contribution in [-0.4, -0.2) is 36.7 Å². The predicted molar refractivity (Wildman–Crippen MR) is 127 cm³/mol. The summed E-state index contributed by atoms with van der Waals surface area (Å²) in [6.45, 7) is 9.51. The first-order chi connectivity index (χ1) is 15.7. The Balaban J connectivity index is 1.70. The lowest BCUT2D eigenvalue weighted by Gasteiger charge is -2.18. The van der Waals surface area contributed by atoms with Crippen molar-refractivity contribution in [1.82, 2.24) is 0 Å². The summed E-state index contributed by atoms with van der Waals surface area (Å²) in [5.74, 6) is -0.381. The molecular formula is C25H31NO6S. The maximum Gasteiger partial charge on any atom is 0.341 e. The fraction of sp³-hybridized carbons (Fsp3) is 0.480. The number of rotatable bonds is 8. The molecule has 7 nitrogen and oxygen atoms in total. The lowest BCUT2D eigenvalue weighted by atomic mass is 9.88. The molecule has 0 radical (unpaired) electrons. The molecule has 1 aromatic heterocycles. The van der Waals surface area contributed by atoms with Crippen molar-refractivity contribution in [2.75, 3.05) is 11.9 Å². The first-order valence-corrected chi connectivity index (χ1v) is 12.1. The average Bonchev–Trinajstić information content (AvgIpc) is 3.10. The van der Waals surface area contributed by atoms with Crippen molar-refractivity contribution in [1.29, 1.82) is 0 Å². The number of benzene rings is 1. The standard InChI is InChI=1S/C25H31NO6S/c1-6-30-25(29)21-19-12-7-15(4)13-20(19)33-23(21)26-22(27)16(5)32-24(28)17-8-10-18(11-9-17)31-14(2)3/h8-11,14-16H,6-7,12-13H2,1-5H3,(H,26,27). The van der Waals surface area contributed by atoms with Gasteiger partial charge in [-0.25, -0.2) is 9.59 Å². The van der Waals surface area contributed by atoms with Crippen molar-refractivity contribution in [2.45, 2.75) is 66.1 Å². The Labute approximate surface area is 198 Å². The van der Waals surface area contributed by atoms with Gasteiger partial charge in [-0.05, 0) is 82.7 Å². The highest BCUT2D eigenvalue weighted by atomic mass is 32.1. The Morgan fingerprint density at radius 2 is 1.82 bits per heavy atom. The molecule has 1 aromatic carbocycles. The SMILES string of the molecule is CCOC(=O)c1c(NC(=O)C(C)OC(=O)c2ccc(OC(C)C)cc2)sc2c1CCC(C)C2. The molecule has 3 rings (SSSR count). The fourth-order valence-corrected chi connectivity index (χ4v) is 5.10. The van der Waals surface area contributed by atoms with Crippen LogP contribution in [0.2, 0.25) is 0 Å². The van der Waals surface area contributed by atoms with Gasteiger partial charge in [-0.2, -0.15) is 0 Å². The summed E-state index contributed by atoms with van der Waals surface area (Å²) < 4.78 is 16.2. The number of esters is 2. The van der Waals surface area contributed by atoms with E-state index < -0.39 is 23.9 Å². The van der Waals surface area contributed by atoms with Crippen LogP contribution < -0.4 is 10.1 Å². The molecule has 2 aromatic rings. The highest BCUT2D eigenvalue weighted by Crippen LogP contribution is 2.40. The molecule has 1 heterocycles. The van der Waals surface area contributed by atoms with E-state index >= 15 is 0 Å². The minimum Gasteiger partial charge on any atom is -0.491 e. The quantitative estimate of drug-likeness (QED) is 0.541. The van der Waals surface area contributed by atoms with Crippen molar-refractivity contribution >= 4 is 34.2 Å². The van der Waals surface area contributed by atoms with Crippen LogP contribution in [0, 0.1) is 5.92 Å². The molecule has 0 spiro atoms. The molecular weight excluding hydrogens is 442 g/mol. The molecule has 1 amide bonds. The second kappa shape index (κ2) is 10.8. The molecule has 2 atom stereocenters. The second-order valence-electron chi connectivity index (χ2n) is 8.50. The zero-order valence-electron chi connectivity index (χ0n) is 19.7. The average molecular weight is 474 g/mol. The normalized spacial score (nSPS) is 16.0. The van der Waals surface area contributed by atoms with Crippen molar-refractivity contribution < 1.29 is 28.6 Å². The van der Waals surface area contributed by atoms with Gasteiger partial charge in [0.15, 0.2) is 6.10 Å². The molecule has 1 aliphatic rings. The van der Waals surface area contributed by atoms with Gasteiger partial charge in [0, 0.05) is 4.88 Å². The number of nitrogens with one attached hydrogen (secondary N) is 1. The van der Waals surface area contributed by atoms with Crippen molar-refractivity contribution in [2.24, 2.45) is 5.92 Å². The zero-order chi connectivity index (χ0) is 24.1. The molecule has 0 saturated carbocycles. The summed E-state index contributed by atoms with van der Waals surface area (Å²) in [6.07, 6.45) is 1.61. The molecule has 1 N–H and O–H groups in total. The van der Waals surface area contributed by atoms with Gasteiger partial charge in [0.1, 0.15) is 10.8 Å². The molecule has 0 aliphatic heterocycles. The van der Waals surface area contributed by atoms with Crippen LogP contribution in [0.15, 0.2) is 24.3 Å². The Hall–Kier alpha value is -2.87. The molecule has 0 fully saturated rings. The van der Waals surface area contributed by atoms with Gasteiger partial charge in [0.05, 0.1) is 23.8 Å². The number of carbonyl (C=O) groups excluding carboxylic acids is 3. The molecule has 0 saturated heterocycles. The molecule has 0 bridgehead atoms. The first-order valence-electron chi connectivity index (χ1n) is 11.3. The van der Waals surface area contributed by atoms with E-state index in [0.717, 1.165) is 29.7 Å². The van der Waals surface area contributed by atoms with Gasteiger partial charge in [-0.3, -0.25) is 4.79 Å². The van der Waals surface area contributed by atoms with Crippen molar-refractivity contribution in [3.63, 3.8) is 0 Å². The summed E-state index contributed by atoms with van der Waals surface area (Å²) in [7, 11) is 0. The number of thiophene rings is 1. The minimum atomic E-state index is -1.04. The monoisotopic (exact) mass is 473 g/mol. The van der Waals surface area contributed by atoms with Gasteiger partial charge in [0.25, 0.3) is 5.91 Å². The van der Waals surface area contributed by atoms with Gasteiger partial charge in [0.2, 0.25) is 0 Å². The summed E-state index contributed by atoms with van der Waals surface area (Å²) >= 11 is 1.40. The van der Waals surface area contributed by atoms with E-state index in [1.807, 2.05) is 13.8 Å². The van der Waals surface area contributed by atoms with E-state index in [1.165, 1.54) is 18.3 Å². The molecule has 8 heteroatoms. The van der Waals surface area contributed by atoms with Crippen LogP contribution in [0.5, 0.6) is 5.75 Å². The van der Waals surface area contributed by atoms with Crippen LogP contribution in [0.1, 0.15) is 72.2 Å². The topological polar surface area (TPSA) is 90.9 Å². The number of hydrogen-bond donors (Lipinski definition) is 1. The fourth-order valence-electron chi connectivity index (χ4n) is 3.70. The van der Waals surface area contributed by atoms with E-state index in [1.54, 1.807) is 31.2 Å². The Kier molecular flexibility index (Phi) is 8.13. The van der Waals surface area contributed by atoms with Crippen LogP contribution in [0.25, 0.3) is 0 Å². The van der Waals surface area contributed by atoms with E-state index in [9.17, 15) is 14.4 Å². The summed E-state index contributed by atoms with van der Waals surface area (Å²) in [4.78, 5) is 39.0. The third-order valence-electron chi connectivity index (χ3n) is 5.34. The Morgan fingerprint density at radius 1 is 1.12 bits per heavy atom. The lowest BCUT2D eigenvalue weighted by Crippen LogP contribution is -2.30. The van der Waals surface area contributed by atoms with Crippen LogP contribution in [0.4, 0.5) is 5.00 Å². The number of hydrogen-bond acceptors (Lipinski definition) is 7. The number of fused-ring (bicyclic) bond motifs is 1. The summed E-state index contributed by atoms with van der Waals surface area (Å²) in [5, 5.41) is 3.25. The van der Waals surface area contributed by atoms with E-state index in [4.69, 9.17) is 14.2 Å². The van der Waals surface area contributed by atoms with Gasteiger partial charge in [-0.1, -0.05) is 6.92 Å². The third-order valence-corrected chi connectivity index (χ3v) is 6.51. The van der Waals surface area contributed by atoms with E-state index in [0.29, 0.717) is 27.8 Å². The highest BCUT2D eigenvalue weighted by Gasteiger charge is 2.30. The summed E-state index contributed by atoms with van der Waals surface area (Å²) in [5.41, 5.74) is 1.70. The first kappa shape index (κ1) is 24.8. The molecule has 1 aliphatic carbocycles. The predicted octanol–water partition coefficient (Wildman–Crippen LogP) is 5.02. The largest absolute Gasteiger partial charge is 0.491 e. The maximum atomic E-state index is 12.8. The van der Waals surface area contributed by atoms with Crippen molar-refractivity contribution in [3.05, 3.63) is 45.8 Å². The number of amides is 1. The molecule has 33 heavy (non-hydrogen) atoms. The Morgan fingerprint density at radius 3 is 2.45 bits per heavy atom. The third kappa shape index (κ3) is 6.13. The smallest absolute Gasteiger partial charge is 0.341 e. The van der Waals surface area contributed by atoms with E-state index in [2.05, 4.69) is 12.2 Å². The van der Waals surface area contributed by atoms with Crippen LogP contribution >= 0.6 is 11.3 Å². The zero-order valence-corrected chi connectivity index (χ0v) is 20.5. The highest BCUT2D eigenvalue weighted by molar-refractivity contribution is 7.17. The maximum absolute atomic E-state index is 12.8.